The number of nitrogens with zero attached hydrogens (tertiary/aromatic N) is 4. The van der Waals surface area contributed by atoms with Crippen LogP contribution in [-0.4, -0.2) is 10.2 Å². The fourth-order valence-electron chi connectivity index (χ4n) is 2.31. The van der Waals surface area contributed by atoms with Crippen molar-refractivity contribution in [1.82, 2.24) is 0 Å². The van der Waals surface area contributed by atoms with Gasteiger partial charge in [-0.3, -0.25) is 0 Å². The lowest BCUT2D eigenvalue weighted by molar-refractivity contribution is 0.474. The highest BCUT2D eigenvalue weighted by atomic mass is 16.3. The van der Waals surface area contributed by atoms with E-state index in [1.54, 1.807) is 60.7 Å². The maximum atomic E-state index is 9.41. The highest BCUT2D eigenvalue weighted by Gasteiger charge is 2.00. The maximum Gasteiger partial charge on any atom is 0.115 e. The average molecular weight is 346 g/mol. The first kappa shape index (κ1) is 17.3. The zero-order valence-electron chi connectivity index (χ0n) is 14.5. The summed E-state index contributed by atoms with van der Waals surface area (Å²) < 4.78 is 0. The van der Waals surface area contributed by atoms with Crippen LogP contribution in [0.15, 0.2) is 81.1 Å². The third-order valence-corrected chi connectivity index (χ3v) is 3.76. The van der Waals surface area contributed by atoms with Crippen LogP contribution in [0.2, 0.25) is 0 Å². The molecule has 0 bridgehead atoms. The molecule has 26 heavy (non-hydrogen) atoms. The van der Waals surface area contributed by atoms with Gasteiger partial charge in [0.1, 0.15) is 11.5 Å². The Morgan fingerprint density at radius 3 is 1.27 bits per heavy atom. The summed E-state index contributed by atoms with van der Waals surface area (Å²) >= 11 is 0. The van der Waals surface area contributed by atoms with E-state index in [1.807, 2.05) is 13.8 Å². The molecule has 3 rings (SSSR count). The van der Waals surface area contributed by atoms with Crippen molar-refractivity contribution in [2.24, 2.45) is 20.5 Å². The molecule has 0 saturated carbocycles. The summed E-state index contributed by atoms with van der Waals surface area (Å²) in [4.78, 5) is 0. The second kappa shape index (κ2) is 7.57. The van der Waals surface area contributed by atoms with E-state index in [0.29, 0.717) is 22.7 Å². The van der Waals surface area contributed by atoms with E-state index < -0.39 is 0 Å². The van der Waals surface area contributed by atoms with Crippen LogP contribution >= 0.6 is 0 Å². The lowest BCUT2D eigenvalue weighted by Crippen LogP contribution is -1.74. The maximum absolute atomic E-state index is 9.41. The molecule has 0 amide bonds. The molecule has 2 N–H and O–H groups in total. The van der Waals surface area contributed by atoms with Gasteiger partial charge in [0, 0.05) is 0 Å². The van der Waals surface area contributed by atoms with E-state index >= 15 is 0 Å². The Balaban J connectivity index is 1.72. The van der Waals surface area contributed by atoms with Gasteiger partial charge in [0.05, 0.1) is 22.7 Å². The van der Waals surface area contributed by atoms with Gasteiger partial charge in [-0.15, -0.1) is 0 Å². The predicted molar refractivity (Wildman–Crippen MR) is 100 cm³/mol. The van der Waals surface area contributed by atoms with E-state index in [1.165, 1.54) is 0 Å². The first-order chi connectivity index (χ1) is 12.5. The molecule has 0 radical (unpaired) electrons. The van der Waals surface area contributed by atoms with Crippen molar-refractivity contribution >= 4 is 22.7 Å². The molecule has 3 aromatic rings. The summed E-state index contributed by atoms with van der Waals surface area (Å²) in [6, 6.07) is 17.1. The summed E-state index contributed by atoms with van der Waals surface area (Å²) in [5.41, 5.74) is 4.49. The molecule has 0 aliphatic carbocycles. The van der Waals surface area contributed by atoms with Gasteiger partial charge < -0.3 is 10.2 Å². The SMILES string of the molecule is Cc1cc(O)ccc1/N=N/c1ccc(/N=N/c2ccc(O)cc2C)cc1. The van der Waals surface area contributed by atoms with Gasteiger partial charge in [0.15, 0.2) is 0 Å². The van der Waals surface area contributed by atoms with E-state index in [-0.39, 0.29) is 11.5 Å². The molecule has 0 saturated heterocycles. The normalized spacial score (nSPS) is 11.5. The number of phenols is 2. The van der Waals surface area contributed by atoms with Crippen LogP contribution in [0, 0.1) is 13.8 Å². The molecule has 3 aromatic carbocycles. The number of phenolic OH excluding ortho intramolecular Hbond substituents is 2. The van der Waals surface area contributed by atoms with E-state index in [9.17, 15) is 10.2 Å². The molecule has 0 aliphatic heterocycles. The zero-order valence-corrected chi connectivity index (χ0v) is 14.5. The Bertz CT molecular complexity index is 899. The molecule has 6 nitrogen and oxygen atoms in total. The van der Waals surface area contributed by atoms with Gasteiger partial charge in [-0.1, -0.05) is 0 Å². The average Bonchev–Trinajstić information content (AvgIpc) is 2.61. The first-order valence-corrected chi connectivity index (χ1v) is 8.04. The van der Waals surface area contributed by atoms with Gasteiger partial charge in [-0.05, 0) is 85.6 Å². The van der Waals surface area contributed by atoms with Gasteiger partial charge >= 0.3 is 0 Å². The zero-order chi connectivity index (χ0) is 18.5. The van der Waals surface area contributed by atoms with Crippen LogP contribution in [0.5, 0.6) is 11.5 Å². The van der Waals surface area contributed by atoms with Crippen LogP contribution in [0.25, 0.3) is 0 Å². The first-order valence-electron chi connectivity index (χ1n) is 8.04. The molecular formula is C20H18N4O2. The number of hydrogen-bond donors (Lipinski definition) is 2. The van der Waals surface area contributed by atoms with Crippen molar-refractivity contribution in [3.63, 3.8) is 0 Å². The minimum atomic E-state index is 0.208. The molecule has 0 fully saturated rings. The minimum absolute atomic E-state index is 0.208. The Morgan fingerprint density at radius 2 is 0.923 bits per heavy atom. The molecule has 130 valence electrons. The molecule has 6 heteroatoms. The van der Waals surface area contributed by atoms with Crippen molar-refractivity contribution in [1.29, 1.82) is 0 Å². The molecule has 0 heterocycles. The third-order valence-electron chi connectivity index (χ3n) is 3.76. The van der Waals surface area contributed by atoms with Gasteiger partial charge in [0.25, 0.3) is 0 Å². The van der Waals surface area contributed by atoms with E-state index in [2.05, 4.69) is 20.5 Å². The van der Waals surface area contributed by atoms with Gasteiger partial charge in [-0.2, -0.15) is 20.5 Å². The number of aromatic hydroxyl groups is 2. The van der Waals surface area contributed by atoms with E-state index in [4.69, 9.17) is 0 Å². The van der Waals surface area contributed by atoms with Crippen LogP contribution in [0.3, 0.4) is 0 Å². The predicted octanol–water partition coefficient (Wildman–Crippen LogP) is 6.55. The van der Waals surface area contributed by atoms with E-state index in [0.717, 1.165) is 11.1 Å². The lowest BCUT2D eigenvalue weighted by atomic mass is 10.2. The molecule has 0 aliphatic rings. The smallest absolute Gasteiger partial charge is 0.115 e. The summed E-state index contributed by atoms with van der Waals surface area (Å²) in [6.07, 6.45) is 0. The number of rotatable bonds is 4. The second-order valence-corrected chi connectivity index (χ2v) is 5.86. The minimum Gasteiger partial charge on any atom is -0.508 e. The molecular weight excluding hydrogens is 328 g/mol. The third kappa shape index (κ3) is 4.30. The summed E-state index contributed by atoms with van der Waals surface area (Å²) in [6.45, 7) is 3.73. The molecule has 0 unspecified atom stereocenters. The van der Waals surface area contributed by atoms with Crippen LogP contribution < -0.4 is 0 Å². The van der Waals surface area contributed by atoms with Gasteiger partial charge in [-0.25, -0.2) is 0 Å². The Kier molecular flexibility index (Phi) is 5.03. The van der Waals surface area contributed by atoms with Crippen LogP contribution in [0.1, 0.15) is 11.1 Å². The number of hydrogen-bond acceptors (Lipinski definition) is 6. The second-order valence-electron chi connectivity index (χ2n) is 5.86. The molecule has 0 aromatic heterocycles. The van der Waals surface area contributed by atoms with Crippen LogP contribution in [0.4, 0.5) is 22.7 Å². The highest BCUT2D eigenvalue weighted by Crippen LogP contribution is 2.28. The fourth-order valence-corrected chi connectivity index (χ4v) is 2.31. The van der Waals surface area contributed by atoms with Crippen molar-refractivity contribution < 1.29 is 10.2 Å². The monoisotopic (exact) mass is 346 g/mol. The molecule has 0 spiro atoms. The van der Waals surface area contributed by atoms with Crippen molar-refractivity contribution in [2.75, 3.05) is 0 Å². The number of benzene rings is 3. The largest absolute Gasteiger partial charge is 0.508 e. The van der Waals surface area contributed by atoms with Crippen LogP contribution in [-0.2, 0) is 0 Å². The quantitative estimate of drug-likeness (QED) is 0.525. The highest BCUT2D eigenvalue weighted by molar-refractivity contribution is 5.52. The molecule has 0 atom stereocenters. The van der Waals surface area contributed by atoms with Crippen molar-refractivity contribution in [2.45, 2.75) is 13.8 Å². The Hall–Kier alpha value is -3.54. The fraction of sp³-hybridized carbons (Fsp3) is 0.100. The topological polar surface area (TPSA) is 89.9 Å². The Morgan fingerprint density at radius 1 is 0.538 bits per heavy atom. The van der Waals surface area contributed by atoms with Crippen molar-refractivity contribution in [3.8, 4) is 11.5 Å². The summed E-state index contributed by atoms with van der Waals surface area (Å²) in [7, 11) is 0. The van der Waals surface area contributed by atoms with Gasteiger partial charge in [0.2, 0.25) is 0 Å². The van der Waals surface area contributed by atoms with Crippen molar-refractivity contribution in [3.05, 3.63) is 71.8 Å². The summed E-state index contributed by atoms with van der Waals surface area (Å²) in [5.74, 6) is 0.417. The number of azo groups is 2. The Labute approximate surface area is 151 Å². The summed E-state index contributed by atoms with van der Waals surface area (Å²) in [5, 5.41) is 35.6. The lowest BCUT2D eigenvalue weighted by Gasteiger charge is -2.00. The standard InChI is InChI=1S/C20H18N4O2/c1-13-11-17(25)7-9-19(13)23-21-15-3-5-16(6-4-15)22-24-20-10-8-18(26)12-14(20)2/h3-12,25-26H,1-2H3/b23-21+,24-22+. The number of aryl methyl sites for hydroxylation is 2.